The molecule has 1 unspecified atom stereocenters. The lowest BCUT2D eigenvalue weighted by atomic mass is 10.3. The third kappa shape index (κ3) is 4.73. The van der Waals surface area contributed by atoms with Gasteiger partial charge in [-0.2, -0.15) is 13.2 Å². The fourth-order valence-electron chi connectivity index (χ4n) is 0.996. The Labute approximate surface area is 112 Å². The highest BCUT2D eigenvalue weighted by Gasteiger charge is 2.28. The minimum atomic E-state index is -4.27. The number of alkyl halides is 4. The first-order valence-corrected chi connectivity index (χ1v) is 6.86. The lowest BCUT2D eigenvalue weighted by Crippen LogP contribution is -2.18. The molecular weight excluding hydrogens is 373 g/mol. The smallest absolute Gasteiger partial charge is 0.370 e. The van der Waals surface area contributed by atoms with E-state index in [9.17, 15) is 13.2 Å². The first-order valence-electron chi connectivity index (χ1n) is 4.34. The van der Waals surface area contributed by atoms with Crippen molar-refractivity contribution in [3.05, 3.63) is 20.3 Å². The van der Waals surface area contributed by atoms with Crippen LogP contribution >= 0.6 is 43.2 Å². The van der Waals surface area contributed by atoms with Crippen molar-refractivity contribution in [3.63, 3.8) is 0 Å². The summed E-state index contributed by atoms with van der Waals surface area (Å²) in [6.45, 7) is 0.737. The summed E-state index contributed by atoms with van der Waals surface area (Å²) in [7, 11) is 0. The van der Waals surface area contributed by atoms with Crippen molar-refractivity contribution < 1.29 is 17.9 Å². The maximum Gasteiger partial charge on any atom is 0.411 e. The lowest BCUT2D eigenvalue weighted by molar-refractivity contribution is -0.173. The molecule has 92 valence electrons. The predicted octanol–water partition coefficient (Wildman–Crippen LogP) is 4.83. The van der Waals surface area contributed by atoms with E-state index in [0.29, 0.717) is 0 Å². The van der Waals surface area contributed by atoms with Crippen LogP contribution in [0.3, 0.4) is 0 Å². The molecule has 16 heavy (non-hydrogen) atoms. The second kappa shape index (κ2) is 5.84. The van der Waals surface area contributed by atoms with E-state index < -0.39 is 12.8 Å². The van der Waals surface area contributed by atoms with Gasteiger partial charge >= 0.3 is 6.18 Å². The van der Waals surface area contributed by atoms with E-state index in [1.807, 2.05) is 13.0 Å². The third-order valence-electron chi connectivity index (χ3n) is 1.71. The predicted molar refractivity (Wildman–Crippen MR) is 65.3 cm³/mol. The minimum absolute atomic E-state index is 0.00586. The van der Waals surface area contributed by atoms with Crippen molar-refractivity contribution in [1.29, 1.82) is 0 Å². The summed E-state index contributed by atoms with van der Waals surface area (Å²) in [5.74, 6) is 0. The van der Waals surface area contributed by atoms with Gasteiger partial charge in [0.05, 0.1) is 11.4 Å². The van der Waals surface area contributed by atoms with Gasteiger partial charge in [-0.25, -0.2) is 0 Å². The second-order valence-corrected chi connectivity index (χ2v) is 6.40. The largest absolute Gasteiger partial charge is 0.411 e. The van der Waals surface area contributed by atoms with Gasteiger partial charge in [0.15, 0.2) is 0 Å². The Bertz CT molecular complexity index is 332. The summed E-state index contributed by atoms with van der Waals surface area (Å²) in [4.78, 5) is 1.84. The molecule has 1 rings (SSSR count). The SMILES string of the molecule is Cc1sc(C(Br)COCC(F)(F)F)cc1Br. The number of rotatable bonds is 4. The molecule has 0 amide bonds. The molecule has 0 spiro atoms. The maximum absolute atomic E-state index is 11.8. The van der Waals surface area contributed by atoms with Gasteiger partial charge in [0.25, 0.3) is 0 Å². The number of aryl methyl sites for hydroxylation is 1. The molecule has 0 saturated carbocycles. The topological polar surface area (TPSA) is 9.23 Å². The summed E-state index contributed by atoms with van der Waals surface area (Å²) in [6, 6.07) is 1.89. The summed E-state index contributed by atoms with van der Waals surface area (Å²) >= 11 is 8.18. The molecule has 0 fully saturated rings. The zero-order valence-electron chi connectivity index (χ0n) is 8.28. The molecule has 7 heteroatoms. The number of thiophene rings is 1. The fraction of sp³-hybridized carbons (Fsp3) is 0.556. The van der Waals surface area contributed by atoms with Gasteiger partial charge in [-0.15, -0.1) is 11.3 Å². The van der Waals surface area contributed by atoms with Crippen molar-refractivity contribution in [3.8, 4) is 0 Å². The summed E-state index contributed by atoms with van der Waals surface area (Å²) in [6.07, 6.45) is -4.27. The summed E-state index contributed by atoms with van der Waals surface area (Å²) < 4.78 is 41.0. The Kier molecular flexibility index (Phi) is 5.28. The first-order chi connectivity index (χ1) is 7.29. The third-order valence-corrected chi connectivity index (χ3v) is 5.03. The minimum Gasteiger partial charge on any atom is -0.370 e. The average Bonchev–Trinajstić information content (AvgIpc) is 2.45. The number of hydrogen-bond acceptors (Lipinski definition) is 2. The summed E-state index contributed by atoms with van der Waals surface area (Å²) in [5, 5.41) is 0. The van der Waals surface area contributed by atoms with Crippen molar-refractivity contribution in [2.45, 2.75) is 17.9 Å². The van der Waals surface area contributed by atoms with E-state index in [1.165, 1.54) is 11.3 Å². The van der Waals surface area contributed by atoms with Crippen LogP contribution in [-0.2, 0) is 4.74 Å². The van der Waals surface area contributed by atoms with Crippen LogP contribution in [0.15, 0.2) is 10.5 Å². The second-order valence-electron chi connectivity index (χ2n) is 3.15. The Morgan fingerprint density at radius 2 is 2.12 bits per heavy atom. The molecule has 1 heterocycles. The zero-order valence-corrected chi connectivity index (χ0v) is 12.3. The van der Waals surface area contributed by atoms with Crippen LogP contribution < -0.4 is 0 Å². The van der Waals surface area contributed by atoms with Gasteiger partial charge in [0.2, 0.25) is 0 Å². The molecular formula is C9H9Br2F3OS. The van der Waals surface area contributed by atoms with Crippen LogP contribution in [0.25, 0.3) is 0 Å². The van der Waals surface area contributed by atoms with Gasteiger partial charge in [0, 0.05) is 14.2 Å². The van der Waals surface area contributed by atoms with Crippen LogP contribution in [0.2, 0.25) is 0 Å². The molecule has 0 saturated heterocycles. The molecule has 1 aromatic heterocycles. The van der Waals surface area contributed by atoms with E-state index >= 15 is 0 Å². The van der Waals surface area contributed by atoms with E-state index in [1.54, 1.807) is 0 Å². The van der Waals surface area contributed by atoms with Gasteiger partial charge in [-0.05, 0) is 28.9 Å². The van der Waals surface area contributed by atoms with Crippen LogP contribution in [0, 0.1) is 6.92 Å². The molecule has 1 aromatic rings. The van der Waals surface area contributed by atoms with Crippen LogP contribution in [0.5, 0.6) is 0 Å². The van der Waals surface area contributed by atoms with E-state index in [4.69, 9.17) is 0 Å². The standard InChI is InChI=1S/C9H9Br2F3OS/c1-5-6(10)2-8(16-5)7(11)3-15-4-9(12,13)14/h2,7H,3-4H2,1H3. The van der Waals surface area contributed by atoms with Crippen molar-refractivity contribution in [1.82, 2.24) is 0 Å². The molecule has 0 aromatic carbocycles. The summed E-state index contributed by atoms with van der Waals surface area (Å²) in [5.41, 5.74) is 0. The van der Waals surface area contributed by atoms with Gasteiger partial charge < -0.3 is 4.74 Å². The number of ether oxygens (including phenoxy) is 1. The molecule has 1 atom stereocenters. The normalized spacial score (nSPS) is 14.1. The molecule has 0 N–H and O–H groups in total. The van der Waals surface area contributed by atoms with E-state index in [-0.39, 0.29) is 11.4 Å². The quantitative estimate of drug-likeness (QED) is 0.678. The Morgan fingerprint density at radius 1 is 1.50 bits per heavy atom. The molecule has 1 nitrogen and oxygen atoms in total. The number of halogens is 5. The first kappa shape index (κ1) is 14.5. The van der Waals surface area contributed by atoms with E-state index in [2.05, 4.69) is 36.6 Å². The molecule has 0 aliphatic rings. The van der Waals surface area contributed by atoms with Crippen molar-refractivity contribution >= 4 is 43.2 Å². The van der Waals surface area contributed by atoms with Crippen LogP contribution in [0.4, 0.5) is 13.2 Å². The Morgan fingerprint density at radius 3 is 2.56 bits per heavy atom. The van der Waals surface area contributed by atoms with Crippen LogP contribution in [0.1, 0.15) is 14.6 Å². The lowest BCUT2D eigenvalue weighted by Gasteiger charge is -2.10. The zero-order chi connectivity index (χ0) is 12.3. The van der Waals surface area contributed by atoms with E-state index in [0.717, 1.165) is 14.2 Å². The molecule has 0 aliphatic heterocycles. The highest BCUT2D eigenvalue weighted by Crippen LogP contribution is 2.34. The average molecular weight is 382 g/mol. The Hall–Kier alpha value is 0.410. The van der Waals surface area contributed by atoms with Gasteiger partial charge in [-0.1, -0.05) is 15.9 Å². The van der Waals surface area contributed by atoms with Crippen molar-refractivity contribution in [2.24, 2.45) is 0 Å². The number of hydrogen-bond donors (Lipinski definition) is 0. The maximum atomic E-state index is 11.8. The fourth-order valence-corrected chi connectivity index (χ4v) is 3.12. The highest BCUT2D eigenvalue weighted by atomic mass is 79.9. The van der Waals surface area contributed by atoms with Gasteiger partial charge in [0.1, 0.15) is 6.61 Å². The highest BCUT2D eigenvalue weighted by molar-refractivity contribution is 9.10. The molecule has 0 aliphatic carbocycles. The van der Waals surface area contributed by atoms with Crippen LogP contribution in [-0.4, -0.2) is 19.4 Å². The van der Waals surface area contributed by atoms with Gasteiger partial charge in [-0.3, -0.25) is 0 Å². The monoisotopic (exact) mass is 380 g/mol. The Balaban J connectivity index is 2.44. The van der Waals surface area contributed by atoms with Crippen molar-refractivity contribution in [2.75, 3.05) is 13.2 Å². The molecule has 0 bridgehead atoms. The molecule has 0 radical (unpaired) electrons.